The van der Waals surface area contributed by atoms with Crippen LogP contribution in [0.25, 0.3) is 0 Å². The number of nitrogens with one attached hydrogen (secondary N) is 1. The summed E-state index contributed by atoms with van der Waals surface area (Å²) in [5.74, 6) is 0. The Morgan fingerprint density at radius 3 is 2.35 bits per heavy atom. The Kier molecular flexibility index (Phi) is 5.39. The van der Waals surface area contributed by atoms with Crippen LogP contribution in [0.2, 0.25) is 0 Å². The largest absolute Gasteiger partial charge is 0.312 e. The lowest BCUT2D eigenvalue weighted by atomic mass is 9.92. The van der Waals surface area contributed by atoms with Crippen LogP contribution in [0.5, 0.6) is 0 Å². The van der Waals surface area contributed by atoms with Crippen molar-refractivity contribution in [3.8, 4) is 0 Å². The van der Waals surface area contributed by atoms with Gasteiger partial charge in [0.2, 0.25) is 0 Å². The number of benzene rings is 1. The van der Waals surface area contributed by atoms with Crippen LogP contribution in [-0.2, 0) is 16.3 Å². The molecule has 0 amide bonds. The van der Waals surface area contributed by atoms with Crippen LogP contribution < -0.4 is 5.32 Å². The molecule has 0 aromatic heterocycles. The first-order valence-corrected chi connectivity index (χ1v) is 8.97. The van der Waals surface area contributed by atoms with Gasteiger partial charge in [-0.15, -0.1) is 0 Å². The summed E-state index contributed by atoms with van der Waals surface area (Å²) in [7, 11) is -3.13. The molecule has 0 radical (unpaired) electrons. The highest BCUT2D eigenvalue weighted by Gasteiger charge is 2.38. The van der Waals surface area contributed by atoms with Crippen molar-refractivity contribution >= 4 is 9.84 Å². The van der Waals surface area contributed by atoms with Crippen LogP contribution in [0.3, 0.4) is 0 Å². The smallest absolute Gasteiger partial charge is 0.154 e. The van der Waals surface area contributed by atoms with Crippen molar-refractivity contribution in [2.75, 3.05) is 12.8 Å². The Morgan fingerprint density at radius 2 is 1.85 bits per heavy atom. The molecule has 0 fully saturated rings. The van der Waals surface area contributed by atoms with Crippen LogP contribution in [-0.4, -0.2) is 32.0 Å². The van der Waals surface area contributed by atoms with Gasteiger partial charge < -0.3 is 5.32 Å². The maximum atomic E-state index is 12.1. The molecule has 4 heteroatoms. The summed E-state index contributed by atoms with van der Waals surface area (Å²) in [6, 6.07) is 6.24. The zero-order chi connectivity index (χ0) is 15.6. The van der Waals surface area contributed by atoms with Crippen LogP contribution in [0.15, 0.2) is 18.2 Å². The number of hydrogen-bond donors (Lipinski definition) is 1. The van der Waals surface area contributed by atoms with Gasteiger partial charge in [0.05, 0.1) is 4.75 Å². The molecule has 114 valence electrons. The Morgan fingerprint density at radius 1 is 1.25 bits per heavy atom. The molecule has 0 saturated heterocycles. The molecule has 0 heterocycles. The molecular weight excluding hydrogens is 270 g/mol. The van der Waals surface area contributed by atoms with Gasteiger partial charge in [0, 0.05) is 12.3 Å². The zero-order valence-corrected chi connectivity index (χ0v) is 14.3. The lowest BCUT2D eigenvalue weighted by Gasteiger charge is -2.34. The van der Waals surface area contributed by atoms with Gasteiger partial charge in [-0.2, -0.15) is 0 Å². The molecule has 0 aliphatic heterocycles. The van der Waals surface area contributed by atoms with Crippen molar-refractivity contribution in [3.63, 3.8) is 0 Å². The third kappa shape index (κ3) is 3.83. The standard InChI is InChI=1S/C16H27NO2S/c1-7-17-15(16(4,5)20(6,18)19)11-14-10-12(2)8-9-13(14)3/h8-10,15,17H,7,11H2,1-6H3. The van der Waals surface area contributed by atoms with Gasteiger partial charge in [0.25, 0.3) is 0 Å². The first-order valence-electron chi connectivity index (χ1n) is 7.08. The number of aryl methyl sites for hydroxylation is 2. The Bertz CT molecular complexity index is 562. The van der Waals surface area contributed by atoms with Crippen molar-refractivity contribution in [1.29, 1.82) is 0 Å². The Balaban J connectivity index is 3.13. The second-order valence-electron chi connectivity index (χ2n) is 6.12. The summed E-state index contributed by atoms with van der Waals surface area (Å²) in [5, 5.41) is 3.35. The molecule has 1 N–H and O–H groups in total. The van der Waals surface area contributed by atoms with E-state index in [0.717, 1.165) is 13.0 Å². The average molecular weight is 297 g/mol. The highest BCUT2D eigenvalue weighted by molar-refractivity contribution is 7.92. The SMILES string of the molecule is CCNC(Cc1cc(C)ccc1C)C(C)(C)S(C)(=O)=O. The van der Waals surface area contributed by atoms with E-state index < -0.39 is 14.6 Å². The summed E-state index contributed by atoms with van der Waals surface area (Å²) in [6.45, 7) is 10.5. The molecule has 0 bridgehead atoms. The van der Waals surface area contributed by atoms with Gasteiger partial charge in [-0.1, -0.05) is 30.7 Å². The molecule has 1 unspecified atom stereocenters. The normalized spacial score (nSPS) is 14.3. The molecule has 0 aliphatic rings. The summed E-state index contributed by atoms with van der Waals surface area (Å²) in [6.07, 6.45) is 2.04. The van der Waals surface area contributed by atoms with Gasteiger partial charge in [0.1, 0.15) is 0 Å². The summed E-state index contributed by atoms with van der Waals surface area (Å²) in [4.78, 5) is 0. The van der Waals surface area contributed by atoms with Gasteiger partial charge >= 0.3 is 0 Å². The van der Waals surface area contributed by atoms with E-state index in [0.29, 0.717) is 0 Å². The van der Waals surface area contributed by atoms with Crippen LogP contribution in [0, 0.1) is 13.8 Å². The maximum absolute atomic E-state index is 12.1. The first-order chi connectivity index (χ1) is 9.09. The fraction of sp³-hybridized carbons (Fsp3) is 0.625. The van der Waals surface area contributed by atoms with Crippen LogP contribution in [0.4, 0.5) is 0 Å². The van der Waals surface area contributed by atoms with E-state index >= 15 is 0 Å². The predicted molar refractivity (Wildman–Crippen MR) is 86.0 cm³/mol. The van der Waals surface area contributed by atoms with E-state index in [-0.39, 0.29) is 6.04 Å². The summed E-state index contributed by atoms with van der Waals surface area (Å²) < 4.78 is 23.4. The fourth-order valence-electron chi connectivity index (χ4n) is 2.31. The highest BCUT2D eigenvalue weighted by Crippen LogP contribution is 2.24. The number of hydrogen-bond acceptors (Lipinski definition) is 3. The van der Waals surface area contributed by atoms with Crippen LogP contribution in [0.1, 0.15) is 37.5 Å². The maximum Gasteiger partial charge on any atom is 0.154 e. The summed E-state index contributed by atoms with van der Waals surface area (Å²) >= 11 is 0. The number of rotatable bonds is 6. The molecule has 0 saturated carbocycles. The number of likely N-dealkylation sites (N-methyl/N-ethyl adjacent to an activating group) is 1. The Labute approximate surface area is 123 Å². The predicted octanol–water partition coefficient (Wildman–Crippen LogP) is 2.65. The minimum absolute atomic E-state index is 0.0944. The van der Waals surface area contributed by atoms with Gasteiger partial charge in [-0.05, 0) is 51.8 Å². The lowest BCUT2D eigenvalue weighted by molar-refractivity contribution is 0.413. The third-order valence-corrected chi connectivity index (χ3v) is 6.37. The van der Waals surface area contributed by atoms with E-state index in [1.807, 2.05) is 6.92 Å². The molecule has 3 nitrogen and oxygen atoms in total. The zero-order valence-electron chi connectivity index (χ0n) is 13.4. The molecule has 20 heavy (non-hydrogen) atoms. The topological polar surface area (TPSA) is 46.2 Å². The van der Waals surface area contributed by atoms with Gasteiger partial charge in [-0.25, -0.2) is 8.42 Å². The monoisotopic (exact) mass is 297 g/mol. The summed E-state index contributed by atoms with van der Waals surface area (Å²) in [5.41, 5.74) is 3.63. The highest BCUT2D eigenvalue weighted by atomic mass is 32.2. The van der Waals surface area contributed by atoms with Crippen molar-refractivity contribution < 1.29 is 8.42 Å². The minimum Gasteiger partial charge on any atom is -0.312 e. The molecule has 1 aromatic rings. The second-order valence-corrected chi connectivity index (χ2v) is 8.72. The molecule has 1 rings (SSSR count). The van der Waals surface area contributed by atoms with Crippen molar-refractivity contribution in [2.45, 2.75) is 51.8 Å². The fourth-order valence-corrected chi connectivity index (χ4v) is 2.99. The Hall–Kier alpha value is -0.870. The molecule has 0 spiro atoms. The van der Waals surface area contributed by atoms with E-state index in [1.165, 1.54) is 22.9 Å². The van der Waals surface area contributed by atoms with E-state index in [4.69, 9.17) is 0 Å². The first kappa shape index (κ1) is 17.2. The van der Waals surface area contributed by atoms with Crippen molar-refractivity contribution in [3.05, 3.63) is 34.9 Å². The molecule has 1 aromatic carbocycles. The van der Waals surface area contributed by atoms with Gasteiger partial charge in [0.15, 0.2) is 9.84 Å². The quantitative estimate of drug-likeness (QED) is 0.878. The van der Waals surface area contributed by atoms with Gasteiger partial charge in [-0.3, -0.25) is 0 Å². The molecular formula is C16H27NO2S. The van der Waals surface area contributed by atoms with Crippen molar-refractivity contribution in [2.24, 2.45) is 0 Å². The van der Waals surface area contributed by atoms with E-state index in [9.17, 15) is 8.42 Å². The van der Waals surface area contributed by atoms with E-state index in [1.54, 1.807) is 13.8 Å². The second kappa shape index (κ2) is 6.27. The minimum atomic E-state index is -3.13. The van der Waals surface area contributed by atoms with Crippen LogP contribution >= 0.6 is 0 Å². The van der Waals surface area contributed by atoms with Crippen molar-refractivity contribution in [1.82, 2.24) is 5.32 Å². The average Bonchev–Trinajstić information content (AvgIpc) is 2.31. The molecule has 1 atom stereocenters. The van der Waals surface area contributed by atoms with E-state index in [2.05, 4.69) is 37.4 Å². The third-order valence-electron chi connectivity index (χ3n) is 4.17. The number of sulfone groups is 1. The molecule has 0 aliphatic carbocycles. The lowest BCUT2D eigenvalue weighted by Crippen LogP contribution is -2.52.